The van der Waals surface area contributed by atoms with Crippen LogP contribution in [0.1, 0.15) is 24.2 Å². The molecule has 1 aromatic rings. The fraction of sp³-hybridized carbons (Fsp3) is 0.400. The van der Waals surface area contributed by atoms with Gasteiger partial charge < -0.3 is 19.5 Å². The summed E-state index contributed by atoms with van der Waals surface area (Å²) in [6, 6.07) is 3.86. The second kappa shape index (κ2) is 8.62. The van der Waals surface area contributed by atoms with E-state index in [2.05, 4.69) is 10.6 Å². The molecule has 126 valence electrons. The summed E-state index contributed by atoms with van der Waals surface area (Å²) < 4.78 is 15.2. The fourth-order valence-corrected chi connectivity index (χ4v) is 1.63. The van der Waals surface area contributed by atoms with Gasteiger partial charge in [-0.3, -0.25) is 10.1 Å². The maximum Gasteiger partial charge on any atom is 0.339 e. The molecule has 1 rings (SSSR count). The molecule has 0 bridgehead atoms. The first-order valence-electron chi connectivity index (χ1n) is 6.94. The molecule has 1 atom stereocenters. The summed E-state index contributed by atoms with van der Waals surface area (Å²) >= 11 is 0. The molecule has 1 aromatic carbocycles. The highest BCUT2D eigenvalue weighted by Crippen LogP contribution is 2.23. The number of carbonyl (C=O) groups excluding carboxylic acids is 3. The second-order valence-corrected chi connectivity index (χ2v) is 4.50. The van der Waals surface area contributed by atoms with E-state index in [0.717, 1.165) is 0 Å². The molecule has 8 nitrogen and oxygen atoms in total. The fourth-order valence-electron chi connectivity index (χ4n) is 1.63. The lowest BCUT2D eigenvalue weighted by Gasteiger charge is -2.14. The van der Waals surface area contributed by atoms with E-state index in [1.54, 1.807) is 13.0 Å². The number of nitrogens with one attached hydrogen (secondary N) is 2. The summed E-state index contributed by atoms with van der Waals surface area (Å²) in [5.41, 5.74) is 0.166. The molecule has 0 fully saturated rings. The van der Waals surface area contributed by atoms with Crippen LogP contribution in [0.25, 0.3) is 0 Å². The predicted molar refractivity (Wildman–Crippen MR) is 81.6 cm³/mol. The van der Waals surface area contributed by atoms with E-state index in [4.69, 9.17) is 14.2 Å². The quantitative estimate of drug-likeness (QED) is 0.760. The van der Waals surface area contributed by atoms with Crippen molar-refractivity contribution >= 4 is 17.9 Å². The highest BCUT2D eigenvalue weighted by molar-refractivity contribution is 5.98. The summed E-state index contributed by atoms with van der Waals surface area (Å²) in [5.74, 6) is -0.633. The number of rotatable bonds is 6. The Kier molecular flexibility index (Phi) is 6.85. The zero-order chi connectivity index (χ0) is 17.4. The zero-order valence-corrected chi connectivity index (χ0v) is 13.5. The van der Waals surface area contributed by atoms with Gasteiger partial charge in [0, 0.05) is 12.6 Å². The second-order valence-electron chi connectivity index (χ2n) is 4.50. The van der Waals surface area contributed by atoms with Crippen molar-refractivity contribution in [3.8, 4) is 11.5 Å². The highest BCUT2D eigenvalue weighted by Gasteiger charge is 2.21. The van der Waals surface area contributed by atoms with Gasteiger partial charge in [-0.1, -0.05) is 0 Å². The Morgan fingerprint density at radius 3 is 2.13 bits per heavy atom. The number of imide groups is 1. The van der Waals surface area contributed by atoms with Gasteiger partial charge in [-0.05, 0) is 26.0 Å². The Hall–Kier alpha value is -2.77. The van der Waals surface area contributed by atoms with Crippen LogP contribution in [0.3, 0.4) is 0 Å². The largest absolute Gasteiger partial charge is 0.497 e. The van der Waals surface area contributed by atoms with Gasteiger partial charge in [0.05, 0.1) is 19.8 Å². The number of hydrogen-bond acceptors (Lipinski definition) is 6. The van der Waals surface area contributed by atoms with Crippen molar-refractivity contribution in [3.63, 3.8) is 0 Å². The molecule has 0 heterocycles. The highest BCUT2D eigenvalue weighted by atomic mass is 16.5. The average molecular weight is 324 g/mol. The van der Waals surface area contributed by atoms with Crippen molar-refractivity contribution in [1.82, 2.24) is 10.6 Å². The number of methoxy groups -OCH3 is 2. The lowest BCUT2D eigenvalue weighted by molar-refractivity contribution is -0.127. The standard InChI is InChI=1S/C15H20N2O6/c1-5-16-15(20)17-13(18)9(2)23-14(19)10-6-11(21-3)8-12(7-10)22-4/h6-9H,5H2,1-4H3,(H2,16,17,18,20)/t9-/m1/s1. The van der Waals surface area contributed by atoms with Crippen LogP contribution in [0.15, 0.2) is 18.2 Å². The van der Waals surface area contributed by atoms with Crippen LogP contribution < -0.4 is 20.1 Å². The molecule has 0 aliphatic carbocycles. The van der Waals surface area contributed by atoms with Crippen LogP contribution in [0.4, 0.5) is 4.79 Å². The molecular weight excluding hydrogens is 304 g/mol. The molecule has 0 aliphatic heterocycles. The summed E-state index contributed by atoms with van der Waals surface area (Å²) in [7, 11) is 2.90. The normalized spacial score (nSPS) is 11.1. The Morgan fingerprint density at radius 2 is 1.65 bits per heavy atom. The van der Waals surface area contributed by atoms with Crippen molar-refractivity contribution in [1.29, 1.82) is 0 Å². The van der Waals surface area contributed by atoms with Crippen molar-refractivity contribution in [3.05, 3.63) is 23.8 Å². The lowest BCUT2D eigenvalue weighted by Crippen LogP contribution is -2.44. The number of esters is 1. The van der Waals surface area contributed by atoms with Gasteiger partial charge in [0.2, 0.25) is 0 Å². The van der Waals surface area contributed by atoms with Crippen LogP contribution >= 0.6 is 0 Å². The van der Waals surface area contributed by atoms with Crippen molar-refractivity contribution in [2.45, 2.75) is 20.0 Å². The molecule has 23 heavy (non-hydrogen) atoms. The van der Waals surface area contributed by atoms with Gasteiger partial charge in [-0.15, -0.1) is 0 Å². The summed E-state index contributed by atoms with van der Waals surface area (Å²) in [6.07, 6.45) is -1.14. The van der Waals surface area contributed by atoms with Crippen LogP contribution in [0.2, 0.25) is 0 Å². The van der Waals surface area contributed by atoms with Crippen molar-refractivity contribution in [2.75, 3.05) is 20.8 Å². The third kappa shape index (κ3) is 5.50. The average Bonchev–Trinajstić information content (AvgIpc) is 2.54. The Labute approximate surface area is 134 Å². The van der Waals surface area contributed by atoms with E-state index >= 15 is 0 Å². The minimum absolute atomic E-state index is 0.166. The van der Waals surface area contributed by atoms with Gasteiger partial charge in [-0.2, -0.15) is 0 Å². The maximum atomic E-state index is 12.1. The number of ether oxygens (including phenoxy) is 3. The summed E-state index contributed by atoms with van der Waals surface area (Å²) in [4.78, 5) is 35.1. The number of urea groups is 1. The van der Waals surface area contributed by atoms with E-state index < -0.39 is 24.0 Å². The predicted octanol–water partition coefficient (Wildman–Crippen LogP) is 1.09. The molecule has 0 saturated heterocycles. The van der Waals surface area contributed by atoms with Crippen LogP contribution in [0.5, 0.6) is 11.5 Å². The molecule has 0 spiro atoms. The van der Waals surface area contributed by atoms with Gasteiger partial charge in [0.25, 0.3) is 5.91 Å². The first-order valence-corrected chi connectivity index (χ1v) is 6.94. The molecule has 0 aliphatic rings. The monoisotopic (exact) mass is 324 g/mol. The molecule has 8 heteroatoms. The molecule has 0 aromatic heterocycles. The molecule has 3 amide bonds. The molecule has 0 saturated carbocycles. The third-order valence-electron chi connectivity index (χ3n) is 2.81. The van der Waals surface area contributed by atoms with Gasteiger partial charge in [0.1, 0.15) is 11.5 Å². The lowest BCUT2D eigenvalue weighted by atomic mass is 10.2. The number of carbonyl (C=O) groups is 3. The smallest absolute Gasteiger partial charge is 0.339 e. The van der Waals surface area contributed by atoms with E-state index in [1.807, 2.05) is 0 Å². The molecule has 2 N–H and O–H groups in total. The molecule has 0 radical (unpaired) electrons. The van der Waals surface area contributed by atoms with E-state index in [-0.39, 0.29) is 5.56 Å². The van der Waals surface area contributed by atoms with Gasteiger partial charge in [0.15, 0.2) is 6.10 Å². The van der Waals surface area contributed by atoms with Gasteiger partial charge >= 0.3 is 12.0 Å². The molecule has 0 unspecified atom stereocenters. The number of benzene rings is 1. The first kappa shape index (κ1) is 18.3. The maximum absolute atomic E-state index is 12.1. The van der Waals surface area contributed by atoms with E-state index in [0.29, 0.717) is 18.0 Å². The molecular formula is C15H20N2O6. The van der Waals surface area contributed by atoms with Crippen LogP contribution in [-0.2, 0) is 9.53 Å². The third-order valence-corrected chi connectivity index (χ3v) is 2.81. The summed E-state index contributed by atoms with van der Waals surface area (Å²) in [5, 5.41) is 4.47. The van der Waals surface area contributed by atoms with Crippen molar-refractivity contribution < 1.29 is 28.6 Å². The van der Waals surface area contributed by atoms with Crippen molar-refractivity contribution in [2.24, 2.45) is 0 Å². The first-order chi connectivity index (χ1) is 10.9. The Morgan fingerprint density at radius 1 is 1.09 bits per heavy atom. The van der Waals surface area contributed by atoms with Gasteiger partial charge in [-0.25, -0.2) is 9.59 Å². The summed E-state index contributed by atoms with van der Waals surface area (Å²) in [6.45, 7) is 3.45. The number of hydrogen-bond donors (Lipinski definition) is 2. The van der Waals surface area contributed by atoms with E-state index in [1.165, 1.54) is 33.3 Å². The number of amides is 3. The Bertz CT molecular complexity index is 565. The van der Waals surface area contributed by atoms with Crippen LogP contribution in [0, 0.1) is 0 Å². The topological polar surface area (TPSA) is 103 Å². The minimum Gasteiger partial charge on any atom is -0.497 e. The zero-order valence-electron chi connectivity index (χ0n) is 13.5. The SMILES string of the molecule is CCNC(=O)NC(=O)[C@@H](C)OC(=O)c1cc(OC)cc(OC)c1. The Balaban J connectivity index is 2.75. The minimum atomic E-state index is -1.14. The van der Waals surface area contributed by atoms with E-state index in [9.17, 15) is 14.4 Å². The van der Waals surface area contributed by atoms with Crippen LogP contribution in [-0.4, -0.2) is 44.8 Å².